The van der Waals surface area contributed by atoms with Crippen LogP contribution in [0.15, 0.2) is 91.0 Å². The average molecular weight is 541 g/mol. The summed E-state index contributed by atoms with van der Waals surface area (Å²) < 4.78 is 18.6. The fraction of sp³-hybridized carbons (Fsp3) is 0.303. The zero-order valence-corrected chi connectivity index (χ0v) is 23.2. The first-order chi connectivity index (χ1) is 19.4. The molecule has 0 aliphatic heterocycles. The van der Waals surface area contributed by atoms with E-state index in [1.807, 2.05) is 98.8 Å². The van der Waals surface area contributed by atoms with Gasteiger partial charge in [0.05, 0.1) is 13.2 Å². The molecule has 7 nitrogen and oxygen atoms in total. The van der Waals surface area contributed by atoms with Crippen molar-refractivity contribution in [3.8, 4) is 11.8 Å². The number of hydrogen-bond donors (Lipinski definition) is 1. The lowest BCUT2D eigenvalue weighted by atomic mass is 9.81. The van der Waals surface area contributed by atoms with Gasteiger partial charge >= 0.3 is 12.0 Å². The molecule has 1 aromatic heterocycles. The van der Waals surface area contributed by atoms with Gasteiger partial charge in [0.15, 0.2) is 5.60 Å². The van der Waals surface area contributed by atoms with Crippen molar-refractivity contribution in [1.29, 1.82) is 0 Å². The van der Waals surface area contributed by atoms with Crippen LogP contribution in [-0.2, 0) is 21.6 Å². The molecule has 3 aromatic carbocycles. The van der Waals surface area contributed by atoms with Gasteiger partial charge in [-0.1, -0.05) is 86.1 Å². The van der Waals surface area contributed by atoms with Gasteiger partial charge in [0.2, 0.25) is 6.10 Å². The predicted octanol–water partition coefficient (Wildman–Crippen LogP) is 6.31. The summed E-state index contributed by atoms with van der Waals surface area (Å²) in [5.74, 6) is -0.363. The van der Waals surface area contributed by atoms with Crippen LogP contribution in [0.5, 0.6) is 11.8 Å². The van der Waals surface area contributed by atoms with Crippen LogP contribution in [0.25, 0.3) is 0 Å². The van der Waals surface area contributed by atoms with Crippen molar-refractivity contribution in [2.75, 3.05) is 13.2 Å². The van der Waals surface area contributed by atoms with Gasteiger partial charge in [-0.15, -0.1) is 0 Å². The van der Waals surface area contributed by atoms with E-state index >= 15 is 0 Å². The van der Waals surface area contributed by atoms with Gasteiger partial charge in [-0.3, -0.25) is 0 Å². The first-order valence-electron chi connectivity index (χ1n) is 13.6. The monoisotopic (exact) mass is 540 g/mol. The largest absolute Gasteiger partial charge is 0.494 e. The summed E-state index contributed by atoms with van der Waals surface area (Å²) in [4.78, 5) is 21.7. The van der Waals surface area contributed by atoms with E-state index in [1.165, 1.54) is 0 Å². The second-order valence-corrected chi connectivity index (χ2v) is 9.68. The Morgan fingerprint density at radius 2 is 1.43 bits per heavy atom. The molecule has 7 heteroatoms. The molecule has 208 valence electrons. The Balaban J connectivity index is 1.70. The predicted molar refractivity (Wildman–Crippen MR) is 154 cm³/mol. The van der Waals surface area contributed by atoms with Crippen molar-refractivity contribution < 1.29 is 24.1 Å². The number of rotatable bonds is 14. The van der Waals surface area contributed by atoms with Gasteiger partial charge < -0.3 is 19.3 Å². The highest BCUT2D eigenvalue weighted by Gasteiger charge is 2.50. The Morgan fingerprint density at radius 1 is 0.850 bits per heavy atom. The molecule has 0 aliphatic rings. The maximum atomic E-state index is 13.0. The Morgan fingerprint density at radius 3 is 1.95 bits per heavy atom. The van der Waals surface area contributed by atoms with Crippen molar-refractivity contribution in [2.45, 2.75) is 51.7 Å². The molecular weight excluding hydrogens is 504 g/mol. The third kappa shape index (κ3) is 7.04. The third-order valence-electron chi connectivity index (χ3n) is 6.59. The molecule has 40 heavy (non-hydrogen) atoms. The van der Waals surface area contributed by atoms with Gasteiger partial charge in [0.25, 0.3) is 0 Å². The van der Waals surface area contributed by atoms with Gasteiger partial charge in [0, 0.05) is 11.4 Å². The number of aromatic nitrogens is 2. The van der Waals surface area contributed by atoms with E-state index in [0.29, 0.717) is 35.5 Å². The molecule has 0 radical (unpaired) electrons. The zero-order chi connectivity index (χ0) is 28.4. The highest BCUT2D eigenvalue weighted by molar-refractivity contribution is 5.76. The van der Waals surface area contributed by atoms with Gasteiger partial charge in [-0.05, 0) is 61.6 Å². The molecule has 1 unspecified atom stereocenters. The minimum atomic E-state index is -1.49. The average Bonchev–Trinajstić information content (AvgIpc) is 2.96. The van der Waals surface area contributed by atoms with E-state index in [1.54, 1.807) is 6.07 Å². The Bertz CT molecular complexity index is 1300. The standard InChI is InChI=1S/C33H36N2O5/c1-4-5-21-38-29-18-16-26(17-19-29)20-22-39-33(27-12-8-6-9-13-27,28-14-10-7-11-15-28)30(31(36)37)40-32-34-24(2)23-25(3)35-32/h6-19,23,30H,4-5,20-22H2,1-3H3,(H,36,37). The number of nitrogens with zero attached hydrogens (tertiary/aromatic N) is 2. The van der Waals surface area contributed by atoms with Crippen molar-refractivity contribution in [2.24, 2.45) is 0 Å². The van der Waals surface area contributed by atoms with Crippen LogP contribution in [-0.4, -0.2) is 40.4 Å². The number of benzene rings is 3. The normalized spacial score (nSPS) is 12.1. The van der Waals surface area contributed by atoms with Crippen molar-refractivity contribution in [3.63, 3.8) is 0 Å². The van der Waals surface area contributed by atoms with Gasteiger partial charge in [0.1, 0.15) is 5.75 Å². The van der Waals surface area contributed by atoms with E-state index in [4.69, 9.17) is 14.2 Å². The minimum Gasteiger partial charge on any atom is -0.494 e. The lowest BCUT2D eigenvalue weighted by Gasteiger charge is -2.39. The third-order valence-corrected chi connectivity index (χ3v) is 6.59. The number of aliphatic carboxylic acids is 1. The molecule has 0 aliphatic carbocycles. The number of unbranched alkanes of at least 4 members (excludes halogenated alkanes) is 1. The second kappa shape index (κ2) is 13.7. The van der Waals surface area contributed by atoms with Crippen molar-refractivity contribution >= 4 is 5.97 Å². The number of carboxylic acid groups (broad SMARTS) is 1. The molecule has 1 atom stereocenters. The van der Waals surface area contributed by atoms with Crippen LogP contribution in [0.3, 0.4) is 0 Å². The molecule has 0 spiro atoms. The van der Waals surface area contributed by atoms with Crippen LogP contribution >= 0.6 is 0 Å². The van der Waals surface area contributed by atoms with Crippen LogP contribution in [0.2, 0.25) is 0 Å². The number of ether oxygens (including phenoxy) is 3. The zero-order valence-electron chi connectivity index (χ0n) is 23.2. The van der Waals surface area contributed by atoms with E-state index in [9.17, 15) is 9.90 Å². The molecule has 0 saturated heterocycles. The first-order valence-corrected chi connectivity index (χ1v) is 13.6. The van der Waals surface area contributed by atoms with Gasteiger partial charge in [-0.25, -0.2) is 14.8 Å². The molecule has 0 fully saturated rings. The molecule has 0 amide bonds. The topological polar surface area (TPSA) is 90.8 Å². The van der Waals surface area contributed by atoms with Crippen molar-refractivity contribution in [3.05, 3.63) is 119 Å². The highest BCUT2D eigenvalue weighted by Crippen LogP contribution is 2.39. The Hall–Kier alpha value is -4.23. The summed E-state index contributed by atoms with van der Waals surface area (Å²) in [7, 11) is 0. The van der Waals surface area contributed by atoms with Gasteiger partial charge in [-0.2, -0.15) is 0 Å². The van der Waals surface area contributed by atoms with Crippen LogP contribution in [0.1, 0.15) is 47.8 Å². The molecule has 1 N–H and O–H groups in total. The SMILES string of the molecule is CCCCOc1ccc(CCOC(c2ccccc2)(c2ccccc2)C(Oc2nc(C)cc(C)n2)C(=O)O)cc1. The van der Waals surface area contributed by atoms with E-state index in [2.05, 4.69) is 16.9 Å². The first kappa shape index (κ1) is 28.8. The van der Waals surface area contributed by atoms with E-state index in [0.717, 1.165) is 24.2 Å². The van der Waals surface area contributed by atoms with E-state index in [-0.39, 0.29) is 12.6 Å². The summed E-state index contributed by atoms with van der Waals surface area (Å²) in [6.07, 6.45) is 1.17. The fourth-order valence-corrected chi connectivity index (χ4v) is 4.66. The van der Waals surface area contributed by atoms with Crippen LogP contribution in [0.4, 0.5) is 0 Å². The molecule has 4 rings (SSSR count). The quantitative estimate of drug-likeness (QED) is 0.188. The number of carbonyl (C=O) groups is 1. The maximum Gasteiger partial charge on any atom is 0.348 e. The number of carboxylic acids is 1. The molecular formula is C33H36N2O5. The Labute approximate surface area is 235 Å². The number of aryl methyl sites for hydroxylation is 2. The molecule has 0 bridgehead atoms. The number of hydrogen-bond acceptors (Lipinski definition) is 6. The lowest BCUT2D eigenvalue weighted by molar-refractivity contribution is -0.164. The van der Waals surface area contributed by atoms with E-state index < -0.39 is 17.7 Å². The Kier molecular flexibility index (Phi) is 9.86. The highest BCUT2D eigenvalue weighted by atomic mass is 16.6. The smallest absolute Gasteiger partial charge is 0.348 e. The molecule has 0 saturated carbocycles. The summed E-state index contributed by atoms with van der Waals surface area (Å²) in [6.45, 7) is 6.69. The second-order valence-electron chi connectivity index (χ2n) is 9.68. The summed E-state index contributed by atoms with van der Waals surface area (Å²) in [5, 5.41) is 10.6. The minimum absolute atomic E-state index is 0.0107. The van der Waals surface area contributed by atoms with Crippen LogP contribution < -0.4 is 9.47 Å². The summed E-state index contributed by atoms with van der Waals surface area (Å²) in [6, 6.07) is 28.4. The lowest BCUT2D eigenvalue weighted by Crippen LogP contribution is -2.51. The summed E-state index contributed by atoms with van der Waals surface area (Å²) in [5.41, 5.74) is 2.22. The summed E-state index contributed by atoms with van der Waals surface area (Å²) >= 11 is 0. The molecule has 4 aromatic rings. The van der Waals surface area contributed by atoms with Crippen molar-refractivity contribution in [1.82, 2.24) is 9.97 Å². The van der Waals surface area contributed by atoms with Crippen LogP contribution in [0, 0.1) is 13.8 Å². The fourth-order valence-electron chi connectivity index (χ4n) is 4.66. The molecule has 1 heterocycles. The maximum absolute atomic E-state index is 13.0.